The highest BCUT2D eigenvalue weighted by Gasteiger charge is 2.12. The molecule has 0 fully saturated rings. The summed E-state index contributed by atoms with van der Waals surface area (Å²) in [5, 5.41) is 10.2. The van der Waals surface area contributed by atoms with Crippen LogP contribution in [0.2, 0.25) is 0 Å². The Balaban J connectivity index is 2.32. The Morgan fingerprint density at radius 2 is 1.89 bits per heavy atom. The van der Waals surface area contributed by atoms with Gasteiger partial charge in [-0.15, -0.1) is 0 Å². The summed E-state index contributed by atoms with van der Waals surface area (Å²) in [5.74, 6) is 0. The van der Waals surface area contributed by atoms with Gasteiger partial charge >= 0.3 is 0 Å². The summed E-state index contributed by atoms with van der Waals surface area (Å²) in [6, 6.07) is 10.0. The van der Waals surface area contributed by atoms with Crippen LogP contribution in [-0.4, -0.2) is 9.78 Å². The van der Waals surface area contributed by atoms with E-state index in [1.54, 1.807) is 16.0 Å². The van der Waals surface area contributed by atoms with Gasteiger partial charge in [-0.2, -0.15) is 16.4 Å². The standard InChI is InChI=1S/C15H14N2OS/c1-2-8-17-15(18)13-10-19-9-12(13)14(16-17)11-6-4-3-5-7-11/h3-7,9-10H,2,8H2,1H3. The number of rotatable bonds is 3. The largest absolute Gasteiger partial charge is 0.275 e. The first-order valence-electron chi connectivity index (χ1n) is 6.33. The molecule has 4 heteroatoms. The van der Waals surface area contributed by atoms with E-state index < -0.39 is 0 Å². The average Bonchev–Trinajstić information content (AvgIpc) is 2.93. The number of hydrogen-bond donors (Lipinski definition) is 0. The van der Waals surface area contributed by atoms with E-state index in [2.05, 4.69) is 5.10 Å². The second kappa shape index (κ2) is 4.97. The fraction of sp³-hybridized carbons (Fsp3) is 0.200. The molecular formula is C15H14N2OS. The summed E-state index contributed by atoms with van der Waals surface area (Å²) in [5.41, 5.74) is 1.96. The van der Waals surface area contributed by atoms with Crippen molar-refractivity contribution < 1.29 is 0 Å². The topological polar surface area (TPSA) is 34.9 Å². The molecule has 3 aromatic rings. The van der Waals surface area contributed by atoms with Gasteiger partial charge in [0.15, 0.2) is 0 Å². The lowest BCUT2D eigenvalue weighted by atomic mass is 10.1. The summed E-state index contributed by atoms with van der Waals surface area (Å²) in [6.07, 6.45) is 0.900. The molecule has 0 amide bonds. The third-order valence-electron chi connectivity index (χ3n) is 3.09. The normalized spacial score (nSPS) is 11.0. The molecule has 3 nitrogen and oxygen atoms in total. The van der Waals surface area contributed by atoms with Crippen LogP contribution in [0.1, 0.15) is 13.3 Å². The van der Waals surface area contributed by atoms with E-state index in [1.165, 1.54) is 0 Å². The Hall–Kier alpha value is -1.94. The van der Waals surface area contributed by atoms with Gasteiger partial charge in [-0.25, -0.2) is 4.68 Å². The van der Waals surface area contributed by atoms with Gasteiger partial charge < -0.3 is 0 Å². The number of nitrogens with zero attached hydrogens (tertiary/aromatic N) is 2. The molecule has 0 N–H and O–H groups in total. The first-order valence-corrected chi connectivity index (χ1v) is 7.28. The van der Waals surface area contributed by atoms with Crippen molar-refractivity contribution in [2.24, 2.45) is 0 Å². The third kappa shape index (κ3) is 2.08. The molecule has 0 aliphatic heterocycles. The maximum atomic E-state index is 12.3. The van der Waals surface area contributed by atoms with Crippen LogP contribution in [0.4, 0.5) is 0 Å². The predicted molar refractivity (Wildman–Crippen MR) is 79.6 cm³/mol. The number of hydrogen-bond acceptors (Lipinski definition) is 3. The monoisotopic (exact) mass is 270 g/mol. The lowest BCUT2D eigenvalue weighted by molar-refractivity contribution is 0.576. The highest BCUT2D eigenvalue weighted by Crippen LogP contribution is 2.26. The molecule has 2 heterocycles. The molecule has 0 radical (unpaired) electrons. The zero-order valence-corrected chi connectivity index (χ0v) is 11.5. The molecule has 19 heavy (non-hydrogen) atoms. The second-order valence-electron chi connectivity index (χ2n) is 4.44. The Bertz CT molecular complexity index is 759. The van der Waals surface area contributed by atoms with Gasteiger partial charge in [0.1, 0.15) is 0 Å². The number of benzene rings is 1. The molecule has 0 atom stereocenters. The van der Waals surface area contributed by atoms with E-state index in [4.69, 9.17) is 0 Å². The molecule has 2 aromatic heterocycles. The molecule has 0 unspecified atom stereocenters. The number of aromatic nitrogens is 2. The maximum Gasteiger partial charge on any atom is 0.275 e. The average molecular weight is 270 g/mol. The summed E-state index contributed by atoms with van der Waals surface area (Å²) < 4.78 is 1.58. The highest BCUT2D eigenvalue weighted by molar-refractivity contribution is 7.09. The summed E-state index contributed by atoms with van der Waals surface area (Å²) >= 11 is 1.55. The molecule has 0 aliphatic carbocycles. The summed E-state index contributed by atoms with van der Waals surface area (Å²) in [7, 11) is 0. The fourth-order valence-electron chi connectivity index (χ4n) is 2.18. The van der Waals surface area contributed by atoms with Crippen molar-refractivity contribution in [2.45, 2.75) is 19.9 Å². The predicted octanol–water partition coefficient (Wildman–Crippen LogP) is 3.54. The highest BCUT2D eigenvalue weighted by atomic mass is 32.1. The van der Waals surface area contributed by atoms with Gasteiger partial charge in [-0.3, -0.25) is 4.79 Å². The second-order valence-corrected chi connectivity index (χ2v) is 5.19. The molecular weight excluding hydrogens is 256 g/mol. The van der Waals surface area contributed by atoms with Crippen LogP contribution in [-0.2, 0) is 6.54 Å². The smallest absolute Gasteiger partial charge is 0.267 e. The Kier molecular flexibility index (Phi) is 3.17. The molecule has 0 saturated heterocycles. The third-order valence-corrected chi connectivity index (χ3v) is 3.83. The van der Waals surface area contributed by atoms with Gasteiger partial charge in [0.2, 0.25) is 0 Å². The lowest BCUT2D eigenvalue weighted by Crippen LogP contribution is -2.23. The van der Waals surface area contributed by atoms with Gasteiger partial charge in [0.05, 0.1) is 11.1 Å². The number of thiophene rings is 1. The van der Waals surface area contributed by atoms with E-state index in [0.29, 0.717) is 6.54 Å². The van der Waals surface area contributed by atoms with E-state index >= 15 is 0 Å². The zero-order chi connectivity index (χ0) is 13.2. The molecule has 0 saturated carbocycles. The molecule has 96 valence electrons. The Labute approximate surface area is 115 Å². The van der Waals surface area contributed by atoms with Gasteiger partial charge in [0.25, 0.3) is 5.56 Å². The summed E-state index contributed by atoms with van der Waals surface area (Å²) in [6.45, 7) is 2.71. The van der Waals surface area contributed by atoms with Gasteiger partial charge in [-0.05, 0) is 6.42 Å². The van der Waals surface area contributed by atoms with E-state index in [0.717, 1.165) is 28.5 Å². The molecule has 0 bridgehead atoms. The van der Waals surface area contributed by atoms with Crippen LogP contribution in [0.5, 0.6) is 0 Å². The van der Waals surface area contributed by atoms with Crippen molar-refractivity contribution in [1.29, 1.82) is 0 Å². The molecule has 0 spiro atoms. The van der Waals surface area contributed by atoms with Crippen LogP contribution >= 0.6 is 11.3 Å². The number of aryl methyl sites for hydroxylation is 1. The molecule has 1 aromatic carbocycles. The van der Waals surface area contributed by atoms with Crippen molar-refractivity contribution in [3.63, 3.8) is 0 Å². The minimum absolute atomic E-state index is 0.0118. The maximum absolute atomic E-state index is 12.3. The molecule has 0 aliphatic rings. The van der Waals surface area contributed by atoms with Gasteiger partial charge in [-0.1, -0.05) is 37.3 Å². The van der Waals surface area contributed by atoms with Crippen molar-refractivity contribution >= 4 is 22.1 Å². The first-order chi connectivity index (χ1) is 9.31. The van der Waals surface area contributed by atoms with E-state index in [1.807, 2.05) is 48.0 Å². The van der Waals surface area contributed by atoms with Crippen molar-refractivity contribution in [3.8, 4) is 11.3 Å². The van der Waals surface area contributed by atoms with Crippen LogP contribution < -0.4 is 5.56 Å². The quantitative estimate of drug-likeness (QED) is 0.729. The van der Waals surface area contributed by atoms with Crippen molar-refractivity contribution in [1.82, 2.24) is 9.78 Å². The van der Waals surface area contributed by atoms with Crippen molar-refractivity contribution in [3.05, 3.63) is 51.4 Å². The minimum atomic E-state index is 0.0118. The lowest BCUT2D eigenvalue weighted by Gasteiger charge is -2.08. The van der Waals surface area contributed by atoms with Crippen LogP contribution in [0.3, 0.4) is 0 Å². The Morgan fingerprint density at radius 3 is 2.63 bits per heavy atom. The SMILES string of the molecule is CCCn1nc(-c2ccccc2)c2cscc2c1=O. The minimum Gasteiger partial charge on any atom is -0.267 e. The van der Waals surface area contributed by atoms with E-state index in [-0.39, 0.29) is 5.56 Å². The number of fused-ring (bicyclic) bond motifs is 1. The fourth-order valence-corrected chi connectivity index (χ4v) is 2.98. The summed E-state index contributed by atoms with van der Waals surface area (Å²) in [4.78, 5) is 12.3. The Morgan fingerprint density at radius 1 is 1.16 bits per heavy atom. The van der Waals surface area contributed by atoms with E-state index in [9.17, 15) is 4.79 Å². The van der Waals surface area contributed by atoms with Crippen LogP contribution in [0.15, 0.2) is 45.9 Å². The van der Waals surface area contributed by atoms with Crippen LogP contribution in [0.25, 0.3) is 22.0 Å². The van der Waals surface area contributed by atoms with Crippen molar-refractivity contribution in [2.75, 3.05) is 0 Å². The van der Waals surface area contributed by atoms with Crippen LogP contribution in [0, 0.1) is 0 Å². The zero-order valence-electron chi connectivity index (χ0n) is 10.7. The first kappa shape index (κ1) is 12.1. The van der Waals surface area contributed by atoms with Gasteiger partial charge in [0, 0.05) is 28.3 Å². The molecule has 3 rings (SSSR count).